The number of halogens is 2. The zero-order valence-electron chi connectivity index (χ0n) is 10.5. The number of amides is 1. The third-order valence-corrected chi connectivity index (χ3v) is 3.46. The van der Waals surface area contributed by atoms with E-state index < -0.39 is 23.2 Å². The smallest absolute Gasteiger partial charge is 0.305 e. The molecule has 7 heteroatoms. The topological polar surface area (TPSA) is 75.6 Å². The number of carbonyl (C=O) groups is 2. The number of ether oxygens (including phenoxy) is 1. The second kappa shape index (κ2) is 5.76. The molecular weight excluding hydrogens is 289 g/mol. The van der Waals surface area contributed by atoms with Crippen molar-refractivity contribution in [1.29, 1.82) is 0 Å². The van der Waals surface area contributed by atoms with Gasteiger partial charge in [-0.05, 0) is 24.6 Å². The van der Waals surface area contributed by atoms with Crippen molar-refractivity contribution < 1.29 is 23.8 Å². The van der Waals surface area contributed by atoms with E-state index in [2.05, 4.69) is 5.32 Å². The van der Waals surface area contributed by atoms with Gasteiger partial charge in [0.2, 0.25) is 0 Å². The highest BCUT2D eigenvalue weighted by molar-refractivity contribution is 6.30. The third-order valence-electron chi connectivity index (χ3n) is 3.15. The number of aliphatic carboxylic acids is 1. The van der Waals surface area contributed by atoms with Crippen molar-refractivity contribution in [1.82, 2.24) is 5.32 Å². The van der Waals surface area contributed by atoms with E-state index in [1.54, 1.807) is 0 Å². The lowest BCUT2D eigenvalue weighted by molar-refractivity contribution is -0.138. The van der Waals surface area contributed by atoms with Crippen LogP contribution in [0.1, 0.15) is 23.2 Å². The van der Waals surface area contributed by atoms with Gasteiger partial charge < -0.3 is 15.2 Å². The van der Waals surface area contributed by atoms with E-state index in [1.165, 1.54) is 12.1 Å². The van der Waals surface area contributed by atoms with Gasteiger partial charge in [-0.1, -0.05) is 11.6 Å². The lowest BCUT2D eigenvalue weighted by atomic mass is 9.93. The predicted octanol–water partition coefficient (Wildman–Crippen LogP) is 1.84. The van der Waals surface area contributed by atoms with Crippen molar-refractivity contribution in [2.75, 3.05) is 13.2 Å². The van der Waals surface area contributed by atoms with Crippen LogP contribution >= 0.6 is 11.6 Å². The highest BCUT2D eigenvalue weighted by Crippen LogP contribution is 2.24. The first-order valence-electron chi connectivity index (χ1n) is 5.99. The Morgan fingerprint density at radius 3 is 2.80 bits per heavy atom. The van der Waals surface area contributed by atoms with Gasteiger partial charge in [-0.15, -0.1) is 0 Å². The Kier molecular flexibility index (Phi) is 4.25. The van der Waals surface area contributed by atoms with Gasteiger partial charge in [-0.3, -0.25) is 9.59 Å². The minimum Gasteiger partial charge on any atom is -0.481 e. The number of nitrogens with one attached hydrogen (secondary N) is 1. The molecule has 1 aromatic carbocycles. The van der Waals surface area contributed by atoms with E-state index in [9.17, 15) is 14.0 Å². The van der Waals surface area contributed by atoms with Crippen LogP contribution in [0.4, 0.5) is 4.39 Å². The van der Waals surface area contributed by atoms with Crippen LogP contribution in [0.15, 0.2) is 18.2 Å². The first-order valence-corrected chi connectivity index (χ1v) is 6.37. The van der Waals surface area contributed by atoms with Crippen molar-refractivity contribution in [3.63, 3.8) is 0 Å². The molecule has 0 saturated carbocycles. The maximum Gasteiger partial charge on any atom is 0.305 e. The van der Waals surface area contributed by atoms with E-state index in [-0.39, 0.29) is 23.6 Å². The molecule has 1 fully saturated rings. The summed E-state index contributed by atoms with van der Waals surface area (Å²) in [5.74, 6) is -2.28. The van der Waals surface area contributed by atoms with Crippen LogP contribution in [0, 0.1) is 5.82 Å². The summed E-state index contributed by atoms with van der Waals surface area (Å²) in [6.45, 7) is 0.504. The fourth-order valence-corrected chi connectivity index (χ4v) is 2.25. The van der Waals surface area contributed by atoms with Crippen LogP contribution < -0.4 is 5.32 Å². The molecule has 108 valence electrons. The molecule has 1 heterocycles. The highest BCUT2D eigenvalue weighted by Gasteiger charge is 2.38. The van der Waals surface area contributed by atoms with Crippen molar-refractivity contribution in [2.45, 2.75) is 18.4 Å². The average Bonchev–Trinajstić information content (AvgIpc) is 2.79. The van der Waals surface area contributed by atoms with E-state index in [0.717, 1.165) is 6.07 Å². The molecule has 2 N–H and O–H groups in total. The van der Waals surface area contributed by atoms with Crippen molar-refractivity contribution >= 4 is 23.5 Å². The Balaban J connectivity index is 2.16. The summed E-state index contributed by atoms with van der Waals surface area (Å²) in [5, 5.41) is 11.5. The Labute approximate surface area is 119 Å². The molecule has 0 aliphatic carbocycles. The summed E-state index contributed by atoms with van der Waals surface area (Å²) in [7, 11) is 0. The zero-order chi connectivity index (χ0) is 14.8. The molecule has 1 unspecified atom stereocenters. The molecule has 0 aromatic heterocycles. The first kappa shape index (κ1) is 14.7. The van der Waals surface area contributed by atoms with Gasteiger partial charge in [0, 0.05) is 12.2 Å². The maximum absolute atomic E-state index is 13.3. The normalized spacial score (nSPS) is 21.7. The number of benzene rings is 1. The SMILES string of the molecule is O=C(O)CC1(NC(=O)c2ccc(Cl)c(F)c2)CCOC1. The first-order chi connectivity index (χ1) is 9.42. The van der Waals surface area contributed by atoms with Gasteiger partial charge in [-0.25, -0.2) is 4.39 Å². The molecular formula is C13H13ClFNO4. The third kappa shape index (κ3) is 3.26. The number of hydrogen-bond acceptors (Lipinski definition) is 3. The summed E-state index contributed by atoms with van der Waals surface area (Å²) in [5.41, 5.74) is -0.859. The molecule has 2 rings (SSSR count). The van der Waals surface area contributed by atoms with Gasteiger partial charge in [0.1, 0.15) is 5.82 Å². The molecule has 1 aliphatic heterocycles. The van der Waals surface area contributed by atoms with Crippen LogP contribution in [-0.4, -0.2) is 35.7 Å². The second-order valence-corrected chi connectivity index (χ2v) is 5.14. The van der Waals surface area contributed by atoms with Crippen LogP contribution in [0.5, 0.6) is 0 Å². The number of hydrogen-bond donors (Lipinski definition) is 2. The van der Waals surface area contributed by atoms with Gasteiger partial charge in [0.05, 0.1) is 23.6 Å². The number of carbonyl (C=O) groups excluding carboxylic acids is 1. The van der Waals surface area contributed by atoms with E-state index in [0.29, 0.717) is 13.0 Å². The average molecular weight is 302 g/mol. The summed E-state index contributed by atoms with van der Waals surface area (Å²) >= 11 is 5.55. The second-order valence-electron chi connectivity index (χ2n) is 4.74. The number of rotatable bonds is 4. The van der Waals surface area contributed by atoms with Crippen molar-refractivity contribution in [2.24, 2.45) is 0 Å². The van der Waals surface area contributed by atoms with Crippen LogP contribution in [0.25, 0.3) is 0 Å². The lowest BCUT2D eigenvalue weighted by Crippen LogP contribution is -2.50. The van der Waals surface area contributed by atoms with E-state index >= 15 is 0 Å². The standard InChI is InChI=1S/C13H13ClFNO4/c14-9-2-1-8(5-10(9)15)12(19)16-13(6-11(17)18)3-4-20-7-13/h1-2,5H,3-4,6-7H2,(H,16,19)(H,17,18). The van der Waals surface area contributed by atoms with Crippen molar-refractivity contribution in [3.05, 3.63) is 34.6 Å². The minimum absolute atomic E-state index is 0.0778. The Hall–Kier alpha value is -1.66. The van der Waals surface area contributed by atoms with Crippen LogP contribution in [0.2, 0.25) is 5.02 Å². The largest absolute Gasteiger partial charge is 0.481 e. The summed E-state index contributed by atoms with van der Waals surface area (Å²) in [6.07, 6.45) is 0.163. The van der Waals surface area contributed by atoms with Crippen LogP contribution in [0.3, 0.4) is 0 Å². The molecule has 0 spiro atoms. The van der Waals surface area contributed by atoms with Gasteiger partial charge in [0.25, 0.3) is 5.91 Å². The molecule has 5 nitrogen and oxygen atoms in total. The molecule has 20 heavy (non-hydrogen) atoms. The Morgan fingerprint density at radius 2 is 2.25 bits per heavy atom. The van der Waals surface area contributed by atoms with E-state index in [4.69, 9.17) is 21.4 Å². The summed E-state index contributed by atoms with van der Waals surface area (Å²) in [4.78, 5) is 23.0. The fourth-order valence-electron chi connectivity index (χ4n) is 2.13. The quantitative estimate of drug-likeness (QED) is 0.890. The fraction of sp³-hybridized carbons (Fsp3) is 0.385. The highest BCUT2D eigenvalue weighted by atomic mass is 35.5. The molecule has 0 radical (unpaired) electrons. The monoisotopic (exact) mass is 301 g/mol. The molecule has 0 bridgehead atoms. The number of carboxylic acids is 1. The zero-order valence-corrected chi connectivity index (χ0v) is 11.2. The van der Waals surface area contributed by atoms with Crippen molar-refractivity contribution in [3.8, 4) is 0 Å². The molecule has 1 amide bonds. The lowest BCUT2D eigenvalue weighted by Gasteiger charge is -2.27. The minimum atomic E-state index is -1.03. The summed E-state index contributed by atoms with van der Waals surface area (Å²) < 4.78 is 18.5. The Bertz CT molecular complexity index is 543. The Morgan fingerprint density at radius 1 is 1.50 bits per heavy atom. The van der Waals surface area contributed by atoms with E-state index in [1.807, 2.05) is 0 Å². The molecule has 1 aliphatic rings. The van der Waals surface area contributed by atoms with Gasteiger partial charge in [-0.2, -0.15) is 0 Å². The maximum atomic E-state index is 13.3. The van der Waals surface area contributed by atoms with Gasteiger partial charge >= 0.3 is 5.97 Å². The predicted molar refractivity (Wildman–Crippen MR) is 69.3 cm³/mol. The number of carboxylic acid groups (broad SMARTS) is 1. The molecule has 1 saturated heterocycles. The summed E-state index contributed by atoms with van der Waals surface area (Å²) in [6, 6.07) is 3.67. The van der Waals surface area contributed by atoms with Crippen LogP contribution in [-0.2, 0) is 9.53 Å². The molecule has 1 aromatic rings. The molecule has 1 atom stereocenters. The van der Waals surface area contributed by atoms with Gasteiger partial charge in [0.15, 0.2) is 0 Å².